The first-order valence-corrected chi connectivity index (χ1v) is 51.8. The van der Waals surface area contributed by atoms with Crippen molar-refractivity contribution in [2.24, 2.45) is 0 Å². The lowest BCUT2D eigenvalue weighted by atomic mass is 9.59. The molecule has 22 aromatic carbocycles. The van der Waals surface area contributed by atoms with E-state index < -0.39 is 0 Å². The summed E-state index contributed by atoms with van der Waals surface area (Å²) in [5.41, 5.74) is 44.3. The predicted molar refractivity (Wildman–Crippen MR) is 627 cm³/mol. The molecule has 0 radical (unpaired) electrons. The molecule has 8 aliphatic heterocycles. The SMILES string of the molecule is c1ccc(N2B3c4ccccc4-c4c(ccc5c4oc4ccccc45)N3c3ccccc32)cc1.c1ccc(N2B3c4ccccc4-c4c(ccc5c4sc4ccccc45)N3c3ccccc32)cc1.c1ccc(N2B3c4ccccc4-c4c(ccc5c6ccccc6n(-c6ccccc6)c45)N3c3ccccc32)cc1.c1ccc(N2B3c4ccccc4-c4cc5c(cc4N3c3ccccc32)c2ccccc2n5-c2ccccc2)cc1. The van der Waals surface area contributed by atoms with E-state index in [1.54, 1.807) is 0 Å². The van der Waals surface area contributed by atoms with Crippen LogP contribution in [0.2, 0.25) is 0 Å². The van der Waals surface area contributed by atoms with E-state index in [-0.39, 0.29) is 27.9 Å². The van der Waals surface area contributed by atoms with Crippen LogP contribution in [0.25, 0.3) is 142 Å². The lowest BCUT2D eigenvalue weighted by Crippen LogP contribution is -2.55. The molecule has 34 rings (SSSR count). The predicted octanol–water partition coefficient (Wildman–Crippen LogP) is 31.9. The summed E-state index contributed by atoms with van der Waals surface area (Å²) >= 11 is 1.91. The second-order valence-electron chi connectivity index (χ2n) is 39.1. The Morgan fingerprint density at radius 2 is 0.493 bits per heavy atom. The highest BCUT2D eigenvalue weighted by Gasteiger charge is 2.54. The van der Waals surface area contributed by atoms with Crippen LogP contribution in [0, 0.1) is 0 Å². The molecule has 0 bridgehead atoms. The summed E-state index contributed by atoms with van der Waals surface area (Å²) in [5, 5.41) is 10.1. The summed E-state index contributed by atoms with van der Waals surface area (Å²) in [6, 6.07) is 189. The molecule has 4 aromatic heterocycles. The fourth-order valence-electron chi connectivity index (χ4n) is 25.6. The van der Waals surface area contributed by atoms with Crippen LogP contribution in [0.3, 0.4) is 0 Å². The smallest absolute Gasteiger partial charge is 0.421 e. The zero-order valence-corrected chi connectivity index (χ0v) is 81.1. The molecule has 16 heteroatoms. The summed E-state index contributed by atoms with van der Waals surface area (Å²) in [5.74, 6) is 0. The maximum absolute atomic E-state index is 6.52. The van der Waals surface area contributed by atoms with E-state index >= 15 is 0 Å². The molecule has 0 N–H and O–H groups in total. The highest BCUT2D eigenvalue weighted by molar-refractivity contribution is 7.26. The number of benzene rings is 22. The Hall–Kier alpha value is -18.9. The number of hydrogen-bond donors (Lipinski definition) is 0. The standard InChI is InChI=1S/2C36H24BN3.C30H19BN2O.C30H19BN2S/c1-3-13-25(14-4-1)38-31-20-10-8-17-27(31)28-23-24-34-35(36(28)38)29-18-7-9-19-30(29)37-39(26-15-5-2-6-16-26)32-21-11-12-22-33(32)40(34)37;1-3-13-25(14-4-1)38-32-20-10-8-18-28(32)30-24-36-29(23-35(30)38)27-17-7-9-19-31(27)37-39(26-15-5-2-6-16-26)33-21-11-12-22-34(33)40(36)37;2*1-2-10-20(11-3-1)32-25-15-7-8-16-26(25)33-27-19-18-22-21-12-5-9-17-28(21)34-30(22)29(27)23-13-4-6-14-24(23)31(32)33/h2*1-24H;2*1-19H. The molecule has 11 nitrogen and oxygen atoms in total. The maximum atomic E-state index is 6.52. The van der Waals surface area contributed by atoms with Crippen LogP contribution < -0.4 is 60.3 Å². The molecule has 0 fully saturated rings. The van der Waals surface area contributed by atoms with Gasteiger partial charge in [-0.25, -0.2) is 0 Å². The Morgan fingerprint density at radius 1 is 0.176 bits per heavy atom. The average Bonchev–Trinajstić information content (AvgIpc) is 1.52. The van der Waals surface area contributed by atoms with E-state index in [2.05, 4.69) is 563 Å². The van der Waals surface area contributed by atoms with Gasteiger partial charge in [0, 0.05) is 132 Å². The summed E-state index contributed by atoms with van der Waals surface area (Å²) in [4.78, 5) is 20.1. The van der Waals surface area contributed by atoms with Crippen LogP contribution in [0.5, 0.6) is 0 Å². The van der Waals surface area contributed by atoms with Crippen molar-refractivity contribution < 1.29 is 4.42 Å². The van der Waals surface area contributed by atoms with E-state index in [4.69, 9.17) is 4.42 Å². The Morgan fingerprint density at radius 3 is 0.966 bits per heavy atom. The molecule has 0 saturated carbocycles. The van der Waals surface area contributed by atoms with Gasteiger partial charge in [-0.1, -0.05) is 340 Å². The number of hydrogen-bond acceptors (Lipinski definition) is 10. The summed E-state index contributed by atoms with van der Waals surface area (Å²) in [6.07, 6.45) is 0. The molecule has 0 saturated heterocycles. The van der Waals surface area contributed by atoms with Gasteiger partial charge in [0.1, 0.15) is 11.2 Å². The molecule has 26 aromatic rings. The van der Waals surface area contributed by atoms with Crippen molar-refractivity contribution in [3.63, 3.8) is 0 Å². The van der Waals surface area contributed by atoms with Crippen molar-refractivity contribution in [1.82, 2.24) is 9.13 Å². The third kappa shape index (κ3) is 12.4. The number of thiophene rings is 1. The van der Waals surface area contributed by atoms with Gasteiger partial charge in [0.15, 0.2) is 0 Å². The normalized spacial score (nSPS) is 13.5. The van der Waals surface area contributed by atoms with Crippen molar-refractivity contribution >= 4 is 238 Å². The monoisotopic (exact) mass is 1900 g/mol. The topological polar surface area (TPSA) is 48.9 Å². The molecule has 0 spiro atoms. The van der Waals surface area contributed by atoms with Gasteiger partial charge in [0.25, 0.3) is 0 Å². The number of rotatable bonds is 6. The fraction of sp³-hybridized carbons (Fsp3) is 0. The van der Waals surface area contributed by atoms with Gasteiger partial charge in [-0.05, 0) is 226 Å². The molecule has 8 aliphatic rings. The second kappa shape index (κ2) is 33.4. The minimum atomic E-state index is 0.0236. The van der Waals surface area contributed by atoms with Crippen LogP contribution in [-0.2, 0) is 0 Å². The van der Waals surface area contributed by atoms with E-state index in [0.29, 0.717) is 0 Å². The molecule has 148 heavy (non-hydrogen) atoms. The first-order valence-electron chi connectivity index (χ1n) is 51.0. The Labute approximate surface area is 861 Å². The summed E-state index contributed by atoms with van der Waals surface area (Å²) < 4.78 is 14.1. The lowest BCUT2D eigenvalue weighted by molar-refractivity contribution is 0.670. The number of furan rings is 1. The zero-order valence-electron chi connectivity index (χ0n) is 80.3. The van der Waals surface area contributed by atoms with Crippen molar-refractivity contribution in [3.05, 3.63) is 522 Å². The second-order valence-corrected chi connectivity index (χ2v) is 40.1. The number of aromatic nitrogens is 2. The summed E-state index contributed by atoms with van der Waals surface area (Å²) in [7, 11) is 0. The van der Waals surface area contributed by atoms with E-state index in [0.717, 1.165) is 21.9 Å². The lowest BCUT2D eigenvalue weighted by Gasteiger charge is -2.37. The molecule has 0 unspecified atom stereocenters. The van der Waals surface area contributed by atoms with Gasteiger partial charge >= 0.3 is 27.9 Å². The molecular weight excluding hydrogens is 1820 g/mol. The zero-order chi connectivity index (χ0) is 96.9. The third-order valence-corrected chi connectivity index (χ3v) is 32.7. The summed E-state index contributed by atoms with van der Waals surface area (Å²) in [6.45, 7) is 0.166. The highest BCUT2D eigenvalue weighted by Crippen LogP contribution is 2.60. The highest BCUT2D eigenvalue weighted by atomic mass is 32.1. The van der Waals surface area contributed by atoms with Crippen LogP contribution >= 0.6 is 11.3 Å². The molecule has 688 valence electrons. The van der Waals surface area contributed by atoms with Gasteiger partial charge in [-0.3, -0.25) is 0 Å². The van der Waals surface area contributed by atoms with Crippen molar-refractivity contribution in [2.75, 3.05) is 38.5 Å². The number of para-hydroxylation sites is 17. The molecule has 12 heterocycles. The average molecular weight is 1900 g/mol. The van der Waals surface area contributed by atoms with E-state index in [1.807, 2.05) is 17.4 Å². The van der Waals surface area contributed by atoms with E-state index in [9.17, 15) is 0 Å². The van der Waals surface area contributed by atoms with Crippen LogP contribution in [0.1, 0.15) is 0 Å². The quantitative estimate of drug-likeness (QED) is 0.152. The van der Waals surface area contributed by atoms with Crippen molar-refractivity contribution in [2.45, 2.75) is 0 Å². The third-order valence-electron chi connectivity index (χ3n) is 31.5. The fourth-order valence-corrected chi connectivity index (χ4v) is 26.8. The van der Waals surface area contributed by atoms with Gasteiger partial charge in [-0.15, -0.1) is 11.3 Å². The van der Waals surface area contributed by atoms with Gasteiger partial charge in [-0.2, -0.15) is 0 Å². The van der Waals surface area contributed by atoms with Crippen molar-refractivity contribution in [1.29, 1.82) is 0 Å². The molecular formula is C132H86B4N10OS. The Balaban J connectivity index is 0.0000000895. The minimum Gasteiger partial charge on any atom is -0.455 e. The van der Waals surface area contributed by atoms with E-state index in [1.165, 1.54) is 233 Å². The molecule has 0 aliphatic carbocycles. The van der Waals surface area contributed by atoms with Crippen LogP contribution in [-0.4, -0.2) is 37.1 Å². The largest absolute Gasteiger partial charge is 0.455 e. The maximum Gasteiger partial charge on any atom is 0.421 e. The Bertz CT molecular complexity index is 9640. The first-order chi connectivity index (χ1) is 73.6. The van der Waals surface area contributed by atoms with Crippen LogP contribution in [0.4, 0.5) is 91.0 Å². The van der Waals surface area contributed by atoms with Gasteiger partial charge in [0.05, 0.1) is 67.6 Å². The molecule has 0 amide bonds. The van der Waals surface area contributed by atoms with Gasteiger partial charge in [0.2, 0.25) is 0 Å². The number of fused-ring (bicyclic) bond motifs is 47. The van der Waals surface area contributed by atoms with Crippen LogP contribution in [0.15, 0.2) is 526 Å². The first kappa shape index (κ1) is 83.7. The minimum absolute atomic E-state index is 0.0236. The number of nitrogens with zero attached hydrogens (tertiary/aromatic N) is 10. The molecule has 0 atom stereocenters. The van der Waals surface area contributed by atoms with Gasteiger partial charge < -0.3 is 52.0 Å². The Kier molecular flexibility index (Phi) is 18.9. The number of anilines is 16. The van der Waals surface area contributed by atoms with Crippen molar-refractivity contribution in [3.8, 4) is 55.9 Å².